The van der Waals surface area contributed by atoms with Crippen LogP contribution >= 0.6 is 0 Å². The van der Waals surface area contributed by atoms with Crippen molar-refractivity contribution in [1.29, 1.82) is 0 Å². The van der Waals surface area contributed by atoms with Crippen LogP contribution in [0.15, 0.2) is 22.7 Å². The van der Waals surface area contributed by atoms with E-state index in [2.05, 4.69) is 4.84 Å². The molecular weight excluding hydrogens is 322 g/mol. The SMILES string of the molecule is COC1=C(OC)C(=O)C(CCCCCCCCCCON)=C(C)C1=O. The van der Waals surface area contributed by atoms with E-state index in [-0.39, 0.29) is 23.1 Å². The number of hydrogen-bond donors (Lipinski definition) is 1. The van der Waals surface area contributed by atoms with Gasteiger partial charge in [-0.1, -0.05) is 38.5 Å². The third-order valence-electron chi connectivity index (χ3n) is 4.53. The molecular formula is C19H31NO5. The van der Waals surface area contributed by atoms with Crippen LogP contribution in [0, 0.1) is 0 Å². The largest absolute Gasteiger partial charge is 0.489 e. The van der Waals surface area contributed by atoms with Crippen molar-refractivity contribution in [2.24, 2.45) is 5.90 Å². The second-order valence-electron chi connectivity index (χ2n) is 6.28. The Morgan fingerprint density at radius 1 is 0.760 bits per heavy atom. The molecule has 25 heavy (non-hydrogen) atoms. The first-order chi connectivity index (χ1) is 12.1. The van der Waals surface area contributed by atoms with Gasteiger partial charge in [0.15, 0.2) is 0 Å². The molecule has 0 saturated heterocycles. The Bertz CT molecular complexity index is 522. The molecule has 0 aliphatic heterocycles. The lowest BCUT2D eigenvalue weighted by atomic mass is 9.89. The summed E-state index contributed by atoms with van der Waals surface area (Å²) in [6.45, 7) is 2.32. The molecule has 142 valence electrons. The van der Waals surface area contributed by atoms with Gasteiger partial charge in [-0.05, 0) is 26.2 Å². The average Bonchev–Trinajstić information content (AvgIpc) is 2.61. The Morgan fingerprint density at radius 2 is 1.24 bits per heavy atom. The van der Waals surface area contributed by atoms with Crippen LogP contribution < -0.4 is 5.90 Å². The summed E-state index contributed by atoms with van der Waals surface area (Å²) in [5.41, 5.74) is 1.04. The zero-order valence-corrected chi connectivity index (χ0v) is 15.7. The minimum atomic E-state index is -0.254. The zero-order valence-electron chi connectivity index (χ0n) is 15.7. The summed E-state index contributed by atoms with van der Waals surface area (Å²) < 4.78 is 10.1. The van der Waals surface area contributed by atoms with Crippen molar-refractivity contribution in [2.75, 3.05) is 20.8 Å². The highest BCUT2D eigenvalue weighted by Gasteiger charge is 2.34. The minimum absolute atomic E-state index is 0.00813. The van der Waals surface area contributed by atoms with Crippen molar-refractivity contribution in [1.82, 2.24) is 0 Å². The molecule has 0 fully saturated rings. The summed E-state index contributed by atoms with van der Waals surface area (Å²) in [6.07, 6.45) is 9.43. The lowest BCUT2D eigenvalue weighted by molar-refractivity contribution is -0.121. The van der Waals surface area contributed by atoms with Gasteiger partial charge in [-0.25, -0.2) is 5.90 Å². The third kappa shape index (κ3) is 6.29. The number of carbonyl (C=O) groups excluding carboxylic acids is 2. The minimum Gasteiger partial charge on any atom is -0.489 e. The topological polar surface area (TPSA) is 87.8 Å². The van der Waals surface area contributed by atoms with Crippen molar-refractivity contribution >= 4 is 11.6 Å². The molecule has 0 amide bonds. The Morgan fingerprint density at radius 3 is 1.76 bits per heavy atom. The van der Waals surface area contributed by atoms with Crippen LogP contribution in [0.4, 0.5) is 0 Å². The van der Waals surface area contributed by atoms with Gasteiger partial charge < -0.3 is 14.3 Å². The van der Waals surface area contributed by atoms with Crippen LogP contribution in [0.2, 0.25) is 0 Å². The van der Waals surface area contributed by atoms with Crippen molar-refractivity contribution in [3.63, 3.8) is 0 Å². The number of ketones is 2. The first kappa shape index (κ1) is 21.4. The van der Waals surface area contributed by atoms with E-state index in [0.717, 1.165) is 32.1 Å². The van der Waals surface area contributed by atoms with Crippen LogP contribution in [0.1, 0.15) is 64.7 Å². The molecule has 1 rings (SSSR count). The van der Waals surface area contributed by atoms with E-state index < -0.39 is 0 Å². The monoisotopic (exact) mass is 353 g/mol. The van der Waals surface area contributed by atoms with Gasteiger partial charge in [-0.15, -0.1) is 0 Å². The molecule has 0 bridgehead atoms. The second-order valence-corrected chi connectivity index (χ2v) is 6.28. The molecule has 6 nitrogen and oxygen atoms in total. The van der Waals surface area contributed by atoms with Crippen LogP contribution in [-0.2, 0) is 23.9 Å². The fraction of sp³-hybridized carbons (Fsp3) is 0.684. The number of rotatable bonds is 13. The maximum atomic E-state index is 12.5. The average molecular weight is 353 g/mol. The molecule has 1 aliphatic carbocycles. The summed E-state index contributed by atoms with van der Waals surface area (Å²) in [5, 5.41) is 0. The molecule has 0 atom stereocenters. The number of ether oxygens (including phenoxy) is 2. The Hall–Kier alpha value is -1.66. The Labute approximate surface area is 150 Å². The van der Waals surface area contributed by atoms with Gasteiger partial charge in [-0.3, -0.25) is 9.59 Å². The highest BCUT2D eigenvalue weighted by molar-refractivity contribution is 6.23. The van der Waals surface area contributed by atoms with Crippen molar-refractivity contribution in [3.8, 4) is 0 Å². The molecule has 0 spiro atoms. The van der Waals surface area contributed by atoms with Crippen molar-refractivity contribution in [2.45, 2.75) is 64.7 Å². The maximum absolute atomic E-state index is 12.5. The number of unbranched alkanes of at least 4 members (excludes halogenated alkanes) is 7. The van der Waals surface area contributed by atoms with Gasteiger partial charge in [0.2, 0.25) is 23.1 Å². The van der Waals surface area contributed by atoms with Crippen molar-refractivity contribution in [3.05, 3.63) is 22.7 Å². The predicted molar refractivity (Wildman–Crippen MR) is 95.5 cm³/mol. The molecule has 0 saturated carbocycles. The number of nitrogens with two attached hydrogens (primary N) is 1. The van der Waals surface area contributed by atoms with Gasteiger partial charge in [0.25, 0.3) is 0 Å². The van der Waals surface area contributed by atoms with E-state index in [1.54, 1.807) is 6.92 Å². The Balaban J connectivity index is 2.34. The number of hydrogen-bond acceptors (Lipinski definition) is 6. The summed E-state index contributed by atoms with van der Waals surface area (Å²) in [5.74, 6) is 4.53. The van der Waals surface area contributed by atoms with E-state index in [1.807, 2.05) is 0 Å². The molecule has 0 aromatic heterocycles. The molecule has 0 unspecified atom stereocenters. The quantitative estimate of drug-likeness (QED) is 0.310. The first-order valence-electron chi connectivity index (χ1n) is 9.01. The fourth-order valence-electron chi connectivity index (χ4n) is 3.04. The summed E-state index contributed by atoms with van der Waals surface area (Å²) in [7, 11) is 2.76. The molecule has 1 aliphatic rings. The lowest BCUT2D eigenvalue weighted by Crippen LogP contribution is -2.25. The van der Waals surface area contributed by atoms with Gasteiger partial charge in [0.1, 0.15) is 0 Å². The smallest absolute Gasteiger partial charge is 0.228 e. The fourth-order valence-corrected chi connectivity index (χ4v) is 3.04. The van der Waals surface area contributed by atoms with E-state index >= 15 is 0 Å². The van der Waals surface area contributed by atoms with Gasteiger partial charge >= 0.3 is 0 Å². The normalized spacial score (nSPS) is 15.2. The number of allylic oxidation sites excluding steroid dienone is 2. The van der Waals surface area contributed by atoms with Crippen LogP contribution in [0.5, 0.6) is 0 Å². The third-order valence-corrected chi connectivity index (χ3v) is 4.53. The molecule has 0 aromatic rings. The van der Waals surface area contributed by atoms with Gasteiger partial charge in [-0.2, -0.15) is 0 Å². The summed E-state index contributed by atoms with van der Waals surface area (Å²) in [6, 6.07) is 0. The molecule has 2 N–H and O–H groups in total. The molecule has 0 heterocycles. The summed E-state index contributed by atoms with van der Waals surface area (Å²) >= 11 is 0. The standard InChI is InChI=1S/C19H31NO5/c1-14-15(17(22)19(24-3)18(23-2)16(14)21)12-10-8-6-4-5-7-9-11-13-25-20/h4-13,20H2,1-3H3. The van der Waals surface area contributed by atoms with Crippen LogP contribution in [0.3, 0.4) is 0 Å². The highest BCUT2D eigenvalue weighted by Crippen LogP contribution is 2.28. The van der Waals surface area contributed by atoms with E-state index in [0.29, 0.717) is 24.2 Å². The predicted octanol–water partition coefficient (Wildman–Crippen LogP) is 3.36. The Kier molecular flexibility index (Phi) is 10.1. The van der Waals surface area contributed by atoms with Crippen LogP contribution in [0.25, 0.3) is 0 Å². The summed E-state index contributed by atoms with van der Waals surface area (Å²) in [4.78, 5) is 29.3. The zero-order chi connectivity index (χ0) is 18.7. The number of Topliss-reactive ketones (excluding diaryl/α,β-unsaturated/α-hetero) is 2. The number of methoxy groups -OCH3 is 2. The molecule has 6 heteroatoms. The highest BCUT2D eigenvalue weighted by atomic mass is 16.6. The second kappa shape index (κ2) is 11.8. The van der Waals surface area contributed by atoms with E-state index in [1.165, 1.54) is 33.5 Å². The van der Waals surface area contributed by atoms with E-state index in [4.69, 9.17) is 15.4 Å². The molecule has 0 radical (unpaired) electrons. The number of carbonyl (C=O) groups is 2. The van der Waals surface area contributed by atoms with Crippen LogP contribution in [-0.4, -0.2) is 32.4 Å². The van der Waals surface area contributed by atoms with E-state index in [9.17, 15) is 9.59 Å². The van der Waals surface area contributed by atoms with Gasteiger partial charge in [0.05, 0.1) is 20.8 Å². The maximum Gasteiger partial charge on any atom is 0.228 e. The lowest BCUT2D eigenvalue weighted by Gasteiger charge is -2.20. The first-order valence-corrected chi connectivity index (χ1v) is 9.01. The van der Waals surface area contributed by atoms with Crippen molar-refractivity contribution < 1.29 is 23.9 Å². The van der Waals surface area contributed by atoms with Gasteiger partial charge in [0, 0.05) is 11.1 Å². The molecule has 0 aromatic carbocycles.